The number of hydrogen-bond donors (Lipinski definition) is 2. The summed E-state index contributed by atoms with van der Waals surface area (Å²) in [6.07, 6.45) is 0.0862. The van der Waals surface area contributed by atoms with Crippen LogP contribution in [0.25, 0.3) is 0 Å². The number of benzene rings is 2. The molecule has 1 unspecified atom stereocenters. The smallest absolute Gasteiger partial charge is 0.342 e. The van der Waals surface area contributed by atoms with E-state index in [2.05, 4.69) is 4.72 Å². The summed E-state index contributed by atoms with van der Waals surface area (Å²) >= 11 is 11.7. The van der Waals surface area contributed by atoms with E-state index in [1.807, 2.05) is 6.92 Å². The van der Waals surface area contributed by atoms with Gasteiger partial charge in [-0.1, -0.05) is 30.1 Å². The number of phenols is 1. The van der Waals surface area contributed by atoms with Gasteiger partial charge in [-0.05, 0) is 36.8 Å². The third kappa shape index (κ3) is 5.75. The minimum atomic E-state index is -4.00. The first-order chi connectivity index (χ1) is 13.2. The van der Waals surface area contributed by atoms with Crippen molar-refractivity contribution in [3.8, 4) is 5.75 Å². The largest absolute Gasteiger partial charge is 0.507 e. The van der Waals surface area contributed by atoms with E-state index in [1.54, 1.807) is 0 Å². The first-order valence-electron chi connectivity index (χ1n) is 8.18. The molecule has 0 saturated carbocycles. The Morgan fingerprint density at radius 1 is 1.18 bits per heavy atom. The molecule has 2 aromatic carbocycles. The average molecular weight is 448 g/mol. The number of phenolic OH excluding ortho intramolecular Hbond substituents is 1. The van der Waals surface area contributed by atoms with Gasteiger partial charge in [-0.3, -0.25) is 4.72 Å². The number of hydrogen-bond acceptors (Lipinski definition) is 6. The summed E-state index contributed by atoms with van der Waals surface area (Å²) in [5, 5.41) is 10.4. The van der Waals surface area contributed by atoms with Crippen LogP contribution in [0.2, 0.25) is 10.0 Å². The van der Waals surface area contributed by atoms with Crippen LogP contribution in [-0.2, 0) is 19.5 Å². The number of aromatic hydroxyl groups is 1. The van der Waals surface area contributed by atoms with E-state index in [1.165, 1.54) is 37.4 Å². The number of rotatable bonds is 8. The van der Waals surface area contributed by atoms with Gasteiger partial charge in [-0.2, -0.15) is 0 Å². The zero-order chi connectivity index (χ0) is 20.9. The Bertz CT molecular complexity index is 944. The van der Waals surface area contributed by atoms with Crippen LogP contribution in [0.15, 0.2) is 41.3 Å². The Kier molecular flexibility index (Phi) is 7.54. The lowest BCUT2D eigenvalue weighted by Crippen LogP contribution is -2.22. The summed E-state index contributed by atoms with van der Waals surface area (Å²) in [6, 6.07) is 7.58. The summed E-state index contributed by atoms with van der Waals surface area (Å²) in [7, 11) is -2.51. The summed E-state index contributed by atoms with van der Waals surface area (Å²) < 4.78 is 37.5. The van der Waals surface area contributed by atoms with Crippen molar-refractivity contribution in [2.45, 2.75) is 24.3 Å². The predicted molar refractivity (Wildman–Crippen MR) is 107 cm³/mol. The fraction of sp³-hybridized carbons (Fsp3) is 0.278. The summed E-state index contributed by atoms with van der Waals surface area (Å²) in [5.41, 5.74) is -0.0441. The van der Waals surface area contributed by atoms with Crippen LogP contribution in [0.3, 0.4) is 0 Å². The SMILES string of the molecule is CCC(COC)OC(=O)c1ccc(NS(=O)(=O)c2cc(Cl)cc(Cl)c2)cc1O. The zero-order valence-corrected chi connectivity index (χ0v) is 17.4. The lowest BCUT2D eigenvalue weighted by atomic mass is 10.2. The Morgan fingerprint density at radius 2 is 1.82 bits per heavy atom. The van der Waals surface area contributed by atoms with Gasteiger partial charge in [0.2, 0.25) is 0 Å². The number of nitrogens with one attached hydrogen (secondary N) is 1. The van der Waals surface area contributed by atoms with Gasteiger partial charge in [-0.15, -0.1) is 0 Å². The molecule has 0 saturated heterocycles. The lowest BCUT2D eigenvalue weighted by molar-refractivity contribution is 0.00451. The van der Waals surface area contributed by atoms with Gasteiger partial charge in [0.15, 0.2) is 0 Å². The topological polar surface area (TPSA) is 102 Å². The summed E-state index contributed by atoms with van der Waals surface area (Å²) in [4.78, 5) is 12.1. The van der Waals surface area contributed by atoms with E-state index in [9.17, 15) is 18.3 Å². The van der Waals surface area contributed by atoms with Crippen molar-refractivity contribution in [3.63, 3.8) is 0 Å². The molecule has 0 amide bonds. The van der Waals surface area contributed by atoms with Crippen molar-refractivity contribution in [1.82, 2.24) is 0 Å². The fourth-order valence-electron chi connectivity index (χ4n) is 2.30. The normalized spacial score (nSPS) is 12.4. The van der Waals surface area contributed by atoms with Crippen molar-refractivity contribution < 1.29 is 27.8 Å². The van der Waals surface area contributed by atoms with Crippen LogP contribution in [0, 0.1) is 0 Å². The first-order valence-corrected chi connectivity index (χ1v) is 10.4. The van der Waals surface area contributed by atoms with Crippen molar-refractivity contribution in [3.05, 3.63) is 52.0 Å². The first kappa shape index (κ1) is 22.3. The molecule has 28 heavy (non-hydrogen) atoms. The van der Waals surface area contributed by atoms with E-state index >= 15 is 0 Å². The van der Waals surface area contributed by atoms with Gasteiger partial charge in [0, 0.05) is 23.2 Å². The van der Waals surface area contributed by atoms with Crippen molar-refractivity contribution in [1.29, 1.82) is 0 Å². The Balaban J connectivity index is 2.20. The molecular weight excluding hydrogens is 429 g/mol. The Hall–Kier alpha value is -2.00. The molecule has 0 radical (unpaired) electrons. The molecule has 0 aromatic heterocycles. The number of carbonyl (C=O) groups is 1. The zero-order valence-electron chi connectivity index (χ0n) is 15.1. The molecular formula is C18H19Cl2NO6S. The monoisotopic (exact) mass is 447 g/mol. The maximum Gasteiger partial charge on any atom is 0.342 e. The average Bonchev–Trinajstić information content (AvgIpc) is 2.60. The highest BCUT2D eigenvalue weighted by molar-refractivity contribution is 7.92. The molecule has 7 nitrogen and oxygen atoms in total. The molecule has 0 aliphatic carbocycles. The number of carbonyl (C=O) groups excluding carboxylic acids is 1. The molecule has 2 aromatic rings. The summed E-state index contributed by atoms with van der Waals surface area (Å²) in [6.45, 7) is 2.06. The van der Waals surface area contributed by atoms with E-state index in [0.717, 1.165) is 6.07 Å². The third-order valence-corrected chi connectivity index (χ3v) is 5.50. The fourth-order valence-corrected chi connectivity index (χ4v) is 4.08. The second-order valence-electron chi connectivity index (χ2n) is 5.83. The van der Waals surface area contributed by atoms with E-state index in [4.69, 9.17) is 32.7 Å². The van der Waals surface area contributed by atoms with Crippen LogP contribution >= 0.6 is 23.2 Å². The molecule has 2 N–H and O–H groups in total. The van der Waals surface area contributed by atoms with E-state index in [-0.39, 0.29) is 32.8 Å². The van der Waals surface area contributed by atoms with Crippen LogP contribution in [-0.4, -0.2) is 39.3 Å². The van der Waals surface area contributed by atoms with Crippen molar-refractivity contribution in [2.24, 2.45) is 0 Å². The molecule has 10 heteroatoms. The second kappa shape index (κ2) is 9.47. The second-order valence-corrected chi connectivity index (χ2v) is 8.39. The molecule has 152 valence electrons. The third-order valence-electron chi connectivity index (χ3n) is 3.70. The quantitative estimate of drug-likeness (QED) is 0.590. The van der Waals surface area contributed by atoms with Gasteiger partial charge < -0.3 is 14.6 Å². The van der Waals surface area contributed by atoms with Crippen LogP contribution in [0.4, 0.5) is 5.69 Å². The van der Waals surface area contributed by atoms with Crippen molar-refractivity contribution in [2.75, 3.05) is 18.4 Å². The van der Waals surface area contributed by atoms with Crippen LogP contribution < -0.4 is 4.72 Å². The minimum Gasteiger partial charge on any atom is -0.507 e. The van der Waals surface area contributed by atoms with Gasteiger partial charge in [0.25, 0.3) is 10.0 Å². The van der Waals surface area contributed by atoms with E-state index in [0.29, 0.717) is 6.42 Å². The number of halogens is 2. The lowest BCUT2D eigenvalue weighted by Gasteiger charge is -2.16. The van der Waals surface area contributed by atoms with Gasteiger partial charge in [0.1, 0.15) is 17.4 Å². The molecule has 0 aliphatic rings. The number of methoxy groups -OCH3 is 1. The Morgan fingerprint density at radius 3 is 2.36 bits per heavy atom. The van der Waals surface area contributed by atoms with Crippen LogP contribution in [0.5, 0.6) is 5.75 Å². The molecule has 0 spiro atoms. The predicted octanol–water partition coefficient (Wildman–Crippen LogP) is 4.08. The number of ether oxygens (including phenoxy) is 2. The number of sulfonamides is 1. The Labute approximate surface area is 173 Å². The molecule has 0 fully saturated rings. The molecule has 0 aliphatic heterocycles. The number of anilines is 1. The van der Waals surface area contributed by atoms with Crippen LogP contribution in [0.1, 0.15) is 23.7 Å². The number of esters is 1. The molecule has 2 rings (SSSR count). The van der Waals surface area contributed by atoms with Gasteiger partial charge >= 0.3 is 5.97 Å². The van der Waals surface area contributed by atoms with Gasteiger partial charge in [-0.25, -0.2) is 13.2 Å². The maximum absolute atomic E-state index is 12.5. The molecule has 0 heterocycles. The standard InChI is InChI=1S/C18H19Cl2NO6S/c1-3-14(10-26-2)27-18(23)16-5-4-13(9-17(16)22)21-28(24,25)15-7-11(19)6-12(20)8-15/h4-9,14,21-22H,3,10H2,1-2H3. The van der Waals surface area contributed by atoms with Crippen molar-refractivity contribution >= 4 is 44.9 Å². The summed E-state index contributed by atoms with van der Waals surface area (Å²) in [5.74, 6) is -1.17. The molecule has 1 atom stereocenters. The minimum absolute atomic E-state index is 0.0501. The highest BCUT2D eigenvalue weighted by atomic mass is 35.5. The van der Waals surface area contributed by atoms with E-state index < -0.39 is 27.8 Å². The van der Waals surface area contributed by atoms with Gasteiger partial charge in [0.05, 0.1) is 17.2 Å². The molecule has 0 bridgehead atoms. The highest BCUT2D eigenvalue weighted by Crippen LogP contribution is 2.27. The maximum atomic E-state index is 12.5. The highest BCUT2D eigenvalue weighted by Gasteiger charge is 2.20.